The van der Waals surface area contributed by atoms with E-state index >= 15 is 0 Å². The van der Waals surface area contributed by atoms with Gasteiger partial charge in [0, 0.05) is 19.5 Å². The second-order valence-electron chi connectivity index (χ2n) is 16.6. The molecule has 0 bridgehead atoms. The van der Waals surface area contributed by atoms with Crippen molar-refractivity contribution in [1.29, 1.82) is 5.26 Å². The maximum absolute atomic E-state index is 14.8. The zero-order valence-corrected chi connectivity index (χ0v) is 38.6. The van der Waals surface area contributed by atoms with E-state index in [2.05, 4.69) is 21.7 Å². The minimum absolute atomic E-state index is 0.00110. The molecule has 0 radical (unpaired) electrons. The molecule has 2 aliphatic heterocycles. The molecule has 0 spiro atoms. The van der Waals surface area contributed by atoms with E-state index in [0.717, 1.165) is 50.7 Å². The summed E-state index contributed by atoms with van der Waals surface area (Å²) in [4.78, 5) is 31.6. The van der Waals surface area contributed by atoms with Crippen molar-refractivity contribution in [3.05, 3.63) is 152 Å². The highest BCUT2D eigenvalue weighted by Crippen LogP contribution is 2.43. The molecule has 3 N–H and O–H groups in total. The van der Waals surface area contributed by atoms with E-state index in [0.29, 0.717) is 79.4 Å². The Balaban J connectivity index is 0.945. The third-order valence-electron chi connectivity index (χ3n) is 11.8. The Morgan fingerprint density at radius 2 is 1.64 bits per heavy atom. The van der Waals surface area contributed by atoms with Gasteiger partial charge >= 0.3 is 5.97 Å². The van der Waals surface area contributed by atoms with Crippen LogP contribution in [0.25, 0.3) is 11.1 Å². The summed E-state index contributed by atoms with van der Waals surface area (Å²) in [5.41, 5.74) is 6.23. The van der Waals surface area contributed by atoms with Gasteiger partial charge in [0.05, 0.1) is 27.4 Å². The maximum atomic E-state index is 14.8. The summed E-state index contributed by atoms with van der Waals surface area (Å²) in [6.07, 6.45) is 1.62. The molecule has 1 unspecified atom stereocenters. The largest absolute Gasteiger partial charge is 0.489 e. The second kappa shape index (κ2) is 19.0. The van der Waals surface area contributed by atoms with Crippen molar-refractivity contribution in [2.45, 2.75) is 68.2 Å². The van der Waals surface area contributed by atoms with Crippen LogP contribution in [0.1, 0.15) is 58.0 Å². The van der Waals surface area contributed by atoms with Gasteiger partial charge in [-0.3, -0.25) is 4.79 Å². The van der Waals surface area contributed by atoms with Crippen molar-refractivity contribution < 1.29 is 37.3 Å². The highest BCUT2D eigenvalue weighted by Gasteiger charge is 2.43. The number of nitriles is 1. The number of hydrogen-bond donors (Lipinski definition) is 3. The average Bonchev–Trinajstić information content (AvgIpc) is 4.08. The molecule has 1 aromatic heterocycles. The maximum Gasteiger partial charge on any atom is 0.326 e. The van der Waals surface area contributed by atoms with Crippen molar-refractivity contribution >= 4 is 61.6 Å². The first kappa shape index (κ1) is 45.0. The normalized spacial score (nSPS) is 17.2. The summed E-state index contributed by atoms with van der Waals surface area (Å²) < 4.78 is 49.4. The number of thiazole rings is 1. The van der Waals surface area contributed by atoms with Crippen LogP contribution in [0.2, 0.25) is 10.0 Å². The molecule has 3 atom stereocenters. The highest BCUT2D eigenvalue weighted by atomic mass is 35.5. The van der Waals surface area contributed by atoms with Gasteiger partial charge in [0.15, 0.2) is 26.9 Å². The van der Waals surface area contributed by atoms with Crippen LogP contribution in [0, 0.1) is 24.2 Å². The SMILES string of the molecule is Cc1nc(NCC2CC2)sc1S(=O)(=O)N1Cc2cc3c(cc2C[C@H]1C(=O)N[C@@H](Cc1ccc(-c2ccc(C#N)cc2)cc1)C(=O)O)OCC(c1ccc(OCc2ccc(Cl)c(Cl)c2)cc1)O3. The molecule has 1 saturated carbocycles. The Bertz CT molecular complexity index is 2960. The molecular weight excluding hydrogens is 922 g/mol. The molecular formula is C49H43Cl2N5O8S2. The van der Waals surface area contributed by atoms with E-state index in [-0.39, 0.29) is 30.2 Å². The lowest BCUT2D eigenvalue weighted by Gasteiger charge is -2.36. The third-order valence-corrected chi connectivity index (χ3v) is 16.1. The molecule has 13 nitrogen and oxygen atoms in total. The predicted molar refractivity (Wildman–Crippen MR) is 251 cm³/mol. The zero-order chi connectivity index (χ0) is 46.1. The van der Waals surface area contributed by atoms with E-state index in [9.17, 15) is 23.1 Å². The number of carboxylic acid groups (broad SMARTS) is 1. The number of carbonyl (C=O) groups excluding carboxylic acids is 1. The topological polar surface area (TPSA) is 180 Å². The van der Waals surface area contributed by atoms with Gasteiger partial charge in [0.1, 0.15) is 31.0 Å². The van der Waals surface area contributed by atoms with Crippen LogP contribution in [0.5, 0.6) is 17.2 Å². The number of ether oxygens (including phenoxy) is 3. The van der Waals surface area contributed by atoms with Crippen molar-refractivity contribution in [3.63, 3.8) is 0 Å². The van der Waals surface area contributed by atoms with E-state index < -0.39 is 40.1 Å². The summed E-state index contributed by atoms with van der Waals surface area (Å²) in [5.74, 6) is 0.0117. The lowest BCUT2D eigenvalue weighted by Crippen LogP contribution is -2.55. The summed E-state index contributed by atoms with van der Waals surface area (Å²) in [6, 6.07) is 30.1. The molecule has 17 heteroatoms. The number of nitrogens with zero attached hydrogens (tertiary/aromatic N) is 3. The van der Waals surface area contributed by atoms with Crippen molar-refractivity contribution in [3.8, 4) is 34.4 Å². The van der Waals surface area contributed by atoms with Crippen LogP contribution in [0.15, 0.2) is 107 Å². The minimum atomic E-state index is -4.36. The van der Waals surface area contributed by atoms with Crippen LogP contribution in [-0.2, 0) is 45.6 Å². The van der Waals surface area contributed by atoms with Gasteiger partial charge in [-0.2, -0.15) is 9.57 Å². The quantitative estimate of drug-likeness (QED) is 0.0894. The predicted octanol–water partition coefficient (Wildman–Crippen LogP) is 9.14. The van der Waals surface area contributed by atoms with E-state index in [1.165, 1.54) is 0 Å². The number of rotatable bonds is 15. The number of anilines is 1. The lowest BCUT2D eigenvalue weighted by molar-refractivity contribution is -0.142. The second-order valence-corrected chi connectivity index (χ2v) is 20.5. The molecule has 1 aliphatic carbocycles. The molecule has 5 aromatic carbocycles. The fourth-order valence-corrected chi connectivity index (χ4v) is 11.4. The van der Waals surface area contributed by atoms with Gasteiger partial charge in [-0.1, -0.05) is 89.1 Å². The van der Waals surface area contributed by atoms with Crippen LogP contribution in [-0.4, -0.2) is 59.9 Å². The van der Waals surface area contributed by atoms with Crippen molar-refractivity contribution in [2.24, 2.45) is 5.92 Å². The number of aromatic nitrogens is 1. The standard InChI is InChI=1S/C49H43Cl2N5O8S2/c1-28-48(65-49(54-28)53-24-31-2-3-31)66(60,61)56-25-37-22-44-43(63-27-45(64-44)35-13-15-38(16-14-35)62-26-32-8-17-39(50)40(51)18-32)21-36(37)20-42(56)46(57)55-41(47(58)59)19-29-4-9-33(10-5-29)34-11-6-30(23-52)7-12-34/h4-18,21-22,31,41-42,45H,2-3,19-20,24-27H2,1H3,(H,53,54)(H,55,57)(H,58,59)/t41-,42-,45?/m0/s1. The molecule has 66 heavy (non-hydrogen) atoms. The van der Waals surface area contributed by atoms with Crippen LogP contribution >= 0.6 is 34.5 Å². The molecule has 0 saturated heterocycles. The first-order valence-corrected chi connectivity index (χ1v) is 24.3. The van der Waals surface area contributed by atoms with Gasteiger partial charge in [-0.05, 0) is 120 Å². The Labute approximate surface area is 395 Å². The fraction of sp³-hybridized carbons (Fsp3) is 0.265. The summed E-state index contributed by atoms with van der Waals surface area (Å²) in [7, 11) is -4.36. The number of aryl methyl sites for hydroxylation is 1. The Hall–Kier alpha value is -6.15. The van der Waals surface area contributed by atoms with Gasteiger partial charge in [0.2, 0.25) is 5.91 Å². The summed E-state index contributed by atoms with van der Waals surface area (Å²) in [5, 5.41) is 26.8. The van der Waals surface area contributed by atoms with Crippen molar-refractivity contribution in [2.75, 3.05) is 18.5 Å². The number of sulfonamides is 1. The molecule has 1 amide bonds. The number of nitrogens with one attached hydrogen (secondary N) is 2. The van der Waals surface area contributed by atoms with Crippen molar-refractivity contribution in [1.82, 2.24) is 14.6 Å². The molecule has 6 aromatic rings. The smallest absolute Gasteiger partial charge is 0.326 e. The van der Waals surface area contributed by atoms with Crippen LogP contribution < -0.4 is 24.8 Å². The lowest BCUT2D eigenvalue weighted by atomic mass is 9.94. The number of aliphatic carboxylic acids is 1. The number of carboxylic acids is 1. The third kappa shape index (κ3) is 9.98. The van der Waals surface area contributed by atoms with Gasteiger partial charge in [0.25, 0.3) is 10.0 Å². The number of carbonyl (C=O) groups is 2. The molecule has 3 heterocycles. The fourth-order valence-electron chi connectivity index (χ4n) is 7.97. The van der Waals surface area contributed by atoms with Gasteiger partial charge in [-0.25, -0.2) is 18.2 Å². The number of fused-ring (bicyclic) bond motifs is 2. The summed E-state index contributed by atoms with van der Waals surface area (Å²) in [6.45, 7) is 2.61. The number of benzene rings is 5. The van der Waals surface area contributed by atoms with Crippen LogP contribution in [0.4, 0.5) is 5.13 Å². The highest BCUT2D eigenvalue weighted by molar-refractivity contribution is 7.91. The van der Waals surface area contributed by atoms with E-state index in [1.807, 2.05) is 54.6 Å². The summed E-state index contributed by atoms with van der Waals surface area (Å²) >= 11 is 13.2. The zero-order valence-electron chi connectivity index (χ0n) is 35.5. The first-order valence-electron chi connectivity index (χ1n) is 21.3. The molecule has 1 fully saturated rings. The van der Waals surface area contributed by atoms with Crippen LogP contribution in [0.3, 0.4) is 0 Å². The van der Waals surface area contributed by atoms with Gasteiger partial charge in [-0.15, -0.1) is 0 Å². The Morgan fingerprint density at radius 3 is 2.32 bits per heavy atom. The number of hydrogen-bond acceptors (Lipinski definition) is 11. The van der Waals surface area contributed by atoms with Gasteiger partial charge < -0.3 is 30.0 Å². The molecule has 9 rings (SSSR count). The Morgan fingerprint density at radius 1 is 0.939 bits per heavy atom. The Kier molecular flexibility index (Phi) is 13.0. The first-order chi connectivity index (χ1) is 31.8. The van der Waals surface area contributed by atoms with E-state index in [1.54, 1.807) is 55.5 Å². The minimum Gasteiger partial charge on any atom is -0.489 e. The molecule has 338 valence electrons. The average molecular weight is 965 g/mol. The number of amides is 1. The van der Waals surface area contributed by atoms with E-state index in [4.69, 9.17) is 42.7 Å². The molecule has 3 aliphatic rings. The number of halogens is 2. The monoisotopic (exact) mass is 963 g/mol.